The van der Waals surface area contributed by atoms with Crippen molar-refractivity contribution in [3.63, 3.8) is 0 Å². The zero-order chi connectivity index (χ0) is 28.4. The van der Waals surface area contributed by atoms with Crippen molar-refractivity contribution in [2.75, 3.05) is 0 Å². The number of hydrogen-bond donors (Lipinski definition) is 0. The van der Waals surface area contributed by atoms with Gasteiger partial charge in [-0.3, -0.25) is 0 Å². The summed E-state index contributed by atoms with van der Waals surface area (Å²) in [5.41, 5.74) is 6.56. The quantitative estimate of drug-likeness (QED) is 0.152. The maximum atomic E-state index is 2.46. The second kappa shape index (κ2) is 9.29. The third-order valence-corrected chi connectivity index (χ3v) is 8.98. The summed E-state index contributed by atoms with van der Waals surface area (Å²) >= 11 is 0. The van der Waals surface area contributed by atoms with E-state index < -0.39 is 0 Å². The van der Waals surface area contributed by atoms with E-state index in [2.05, 4.69) is 160 Å². The predicted octanol–water partition coefficient (Wildman–Crippen LogP) is 12.1. The van der Waals surface area contributed by atoms with Crippen molar-refractivity contribution >= 4 is 53.9 Å². The highest BCUT2D eigenvalue weighted by Gasteiger charge is 2.21. The van der Waals surface area contributed by atoms with E-state index in [1.54, 1.807) is 0 Å². The van der Waals surface area contributed by atoms with E-state index >= 15 is 0 Å². The highest BCUT2D eigenvalue weighted by atomic mass is 14.2. The first-order chi connectivity index (χ1) is 20.5. The van der Waals surface area contributed by atoms with Crippen LogP contribution in [0.15, 0.2) is 140 Å². The minimum Gasteiger partial charge on any atom is -0.0616 e. The molecule has 0 heteroatoms. The van der Waals surface area contributed by atoms with Gasteiger partial charge in [-0.05, 0) is 99.2 Å². The summed E-state index contributed by atoms with van der Waals surface area (Å²) in [5.74, 6) is 0. The highest BCUT2D eigenvalue weighted by Crippen LogP contribution is 2.46. The lowest BCUT2D eigenvalue weighted by atomic mass is 9.80. The summed E-state index contributed by atoms with van der Waals surface area (Å²) < 4.78 is 0. The average Bonchev–Trinajstić information content (AvgIpc) is 3.02. The molecule has 0 unspecified atom stereocenters. The Morgan fingerprint density at radius 1 is 0.357 bits per heavy atom. The Morgan fingerprint density at radius 2 is 0.905 bits per heavy atom. The third kappa shape index (κ3) is 3.83. The first-order valence-electron chi connectivity index (χ1n) is 14.9. The molecule has 8 rings (SSSR count). The minimum atomic E-state index is 0.0396. The molecule has 0 atom stereocenters. The molecule has 0 aliphatic rings. The summed E-state index contributed by atoms with van der Waals surface area (Å²) in [6.45, 7) is 6.92. The van der Waals surface area contributed by atoms with Gasteiger partial charge in [0.25, 0.3) is 0 Å². The number of rotatable bonds is 2. The van der Waals surface area contributed by atoms with E-state index in [9.17, 15) is 0 Å². The van der Waals surface area contributed by atoms with Gasteiger partial charge in [-0.1, -0.05) is 148 Å². The smallest absolute Gasteiger partial charge is 0.00200 e. The molecule has 0 amide bonds. The zero-order valence-corrected chi connectivity index (χ0v) is 24.3. The fourth-order valence-electron chi connectivity index (χ4n) is 6.85. The van der Waals surface area contributed by atoms with Crippen LogP contribution in [-0.4, -0.2) is 0 Å². The van der Waals surface area contributed by atoms with E-state index in [1.165, 1.54) is 81.7 Å². The van der Waals surface area contributed by atoms with E-state index in [-0.39, 0.29) is 5.41 Å². The van der Waals surface area contributed by atoms with Gasteiger partial charge in [0, 0.05) is 0 Å². The Balaban J connectivity index is 1.55. The van der Waals surface area contributed by atoms with Crippen molar-refractivity contribution in [1.82, 2.24) is 0 Å². The van der Waals surface area contributed by atoms with Crippen molar-refractivity contribution in [2.45, 2.75) is 26.2 Å². The van der Waals surface area contributed by atoms with Gasteiger partial charge < -0.3 is 0 Å². The molecule has 0 N–H and O–H groups in total. The Labute approximate surface area is 246 Å². The van der Waals surface area contributed by atoms with Crippen molar-refractivity contribution < 1.29 is 0 Å². The van der Waals surface area contributed by atoms with Gasteiger partial charge in [0.15, 0.2) is 0 Å². The molecular formula is C42H32. The Morgan fingerprint density at radius 3 is 1.64 bits per heavy atom. The molecule has 0 radical (unpaired) electrons. The van der Waals surface area contributed by atoms with Crippen LogP contribution in [0.4, 0.5) is 0 Å². The summed E-state index contributed by atoms with van der Waals surface area (Å²) in [5, 5.41) is 12.9. The summed E-state index contributed by atoms with van der Waals surface area (Å²) in [4.78, 5) is 0. The van der Waals surface area contributed by atoms with Crippen LogP contribution in [0.3, 0.4) is 0 Å². The molecule has 8 aromatic rings. The van der Waals surface area contributed by atoms with Gasteiger partial charge in [0.2, 0.25) is 0 Å². The van der Waals surface area contributed by atoms with Gasteiger partial charge >= 0.3 is 0 Å². The standard InChI is InChI=1S/C42H32/c1-42(2,3)31-23-24-37-39(26-31)41(34-18-10-13-27-11-4-6-14-32(27)34)36-17-9-8-16-35(36)40(37)30-22-21-29-20-19-28-12-5-7-15-33(28)38(29)25-30/h4-26H,1-3H3. The molecule has 0 bridgehead atoms. The van der Waals surface area contributed by atoms with Crippen LogP contribution in [0.1, 0.15) is 26.3 Å². The zero-order valence-electron chi connectivity index (χ0n) is 24.3. The molecule has 0 aliphatic heterocycles. The van der Waals surface area contributed by atoms with Crippen LogP contribution in [0.25, 0.3) is 76.1 Å². The SMILES string of the molecule is CC(C)(C)c1ccc2c(-c3ccc4ccc5ccccc5c4c3)c3ccccc3c(-c3cccc4ccccc34)c2c1. The molecule has 0 spiro atoms. The topological polar surface area (TPSA) is 0 Å². The highest BCUT2D eigenvalue weighted by molar-refractivity contribution is 6.24. The van der Waals surface area contributed by atoms with Gasteiger partial charge in [-0.15, -0.1) is 0 Å². The molecule has 0 saturated heterocycles. The molecule has 0 fully saturated rings. The fraction of sp³-hybridized carbons (Fsp3) is 0.0952. The maximum Gasteiger partial charge on any atom is -0.00200 e. The van der Waals surface area contributed by atoms with Crippen LogP contribution in [0.5, 0.6) is 0 Å². The van der Waals surface area contributed by atoms with Gasteiger partial charge in [-0.25, -0.2) is 0 Å². The normalized spacial score (nSPS) is 12.2. The van der Waals surface area contributed by atoms with Crippen LogP contribution in [0, 0.1) is 0 Å². The molecule has 0 aliphatic carbocycles. The summed E-state index contributed by atoms with van der Waals surface area (Å²) in [7, 11) is 0. The Hall–Kier alpha value is -4.94. The molecule has 0 heterocycles. The second-order valence-electron chi connectivity index (χ2n) is 12.6. The van der Waals surface area contributed by atoms with E-state index in [1.807, 2.05) is 0 Å². The second-order valence-corrected chi connectivity index (χ2v) is 12.6. The number of hydrogen-bond acceptors (Lipinski definition) is 0. The van der Waals surface area contributed by atoms with Crippen LogP contribution in [0.2, 0.25) is 0 Å². The Kier molecular flexibility index (Phi) is 5.49. The molecule has 0 saturated carbocycles. The van der Waals surface area contributed by atoms with Gasteiger partial charge in [0.1, 0.15) is 0 Å². The van der Waals surface area contributed by atoms with Crippen LogP contribution >= 0.6 is 0 Å². The Bertz CT molecular complexity index is 2320. The van der Waals surface area contributed by atoms with Crippen molar-refractivity contribution in [3.8, 4) is 22.3 Å². The lowest BCUT2D eigenvalue weighted by molar-refractivity contribution is 0.591. The predicted molar refractivity (Wildman–Crippen MR) is 184 cm³/mol. The molecule has 0 aromatic heterocycles. The lowest BCUT2D eigenvalue weighted by Gasteiger charge is -2.23. The minimum absolute atomic E-state index is 0.0396. The molecule has 8 aromatic carbocycles. The van der Waals surface area contributed by atoms with Gasteiger partial charge in [-0.2, -0.15) is 0 Å². The molecule has 200 valence electrons. The van der Waals surface area contributed by atoms with Crippen LogP contribution < -0.4 is 0 Å². The first-order valence-corrected chi connectivity index (χ1v) is 14.9. The van der Waals surface area contributed by atoms with Gasteiger partial charge in [0.05, 0.1) is 0 Å². The van der Waals surface area contributed by atoms with E-state index in [0.717, 1.165) is 0 Å². The monoisotopic (exact) mass is 536 g/mol. The largest absolute Gasteiger partial charge is 0.0616 e. The molecule has 0 nitrogen and oxygen atoms in total. The number of fused-ring (bicyclic) bond motifs is 6. The maximum absolute atomic E-state index is 2.46. The van der Waals surface area contributed by atoms with Crippen molar-refractivity contribution in [3.05, 3.63) is 145 Å². The molecular weight excluding hydrogens is 504 g/mol. The van der Waals surface area contributed by atoms with Crippen LogP contribution in [-0.2, 0) is 5.41 Å². The van der Waals surface area contributed by atoms with Crippen molar-refractivity contribution in [2.24, 2.45) is 0 Å². The van der Waals surface area contributed by atoms with E-state index in [0.29, 0.717) is 0 Å². The summed E-state index contributed by atoms with van der Waals surface area (Å²) in [6, 6.07) is 51.9. The molecule has 42 heavy (non-hydrogen) atoms. The van der Waals surface area contributed by atoms with E-state index in [4.69, 9.17) is 0 Å². The first kappa shape index (κ1) is 24.8. The fourth-order valence-corrected chi connectivity index (χ4v) is 6.85. The number of benzene rings is 8. The lowest BCUT2D eigenvalue weighted by Crippen LogP contribution is -2.10. The third-order valence-electron chi connectivity index (χ3n) is 8.98. The van der Waals surface area contributed by atoms with Crippen molar-refractivity contribution in [1.29, 1.82) is 0 Å². The average molecular weight is 537 g/mol. The summed E-state index contributed by atoms with van der Waals surface area (Å²) in [6.07, 6.45) is 0.